The standard InChI is InChI=1S/C22H24N6O2/c1-29-20-18-17(14-5-10-28-16(12-14)4-9-24-28)13-23-19(18)26-21(27-20)25-15-2-6-22(7-3-15)8-11-30-22/h4-5,9-10,12-13,15H,2-3,6-8,11H2,1H3,(H2,23,25,26,27)/t15-,22-. The second kappa shape index (κ2) is 6.70. The number of fused-ring (bicyclic) bond motifs is 2. The Bertz CT molecular complexity index is 1220. The van der Waals surface area contributed by atoms with Crippen LogP contribution in [0.25, 0.3) is 27.7 Å². The summed E-state index contributed by atoms with van der Waals surface area (Å²) in [5.74, 6) is 1.18. The fourth-order valence-corrected chi connectivity index (χ4v) is 4.79. The number of aromatic nitrogens is 5. The molecule has 0 amide bonds. The number of pyridine rings is 1. The SMILES string of the molecule is COc1nc(N[C@H]2CC[C@@]3(CCO3)CC2)nc2[nH]cc(-c3ccn4nccc4c3)c12. The van der Waals surface area contributed by atoms with Crippen LogP contribution in [0.4, 0.5) is 5.95 Å². The zero-order valence-corrected chi connectivity index (χ0v) is 16.9. The van der Waals surface area contributed by atoms with Gasteiger partial charge in [0.1, 0.15) is 5.65 Å². The van der Waals surface area contributed by atoms with Crippen molar-refractivity contribution in [1.82, 2.24) is 24.6 Å². The van der Waals surface area contributed by atoms with E-state index in [1.807, 2.05) is 29.0 Å². The number of aromatic amines is 1. The van der Waals surface area contributed by atoms with Crippen LogP contribution in [0.3, 0.4) is 0 Å². The molecular formula is C22H24N6O2. The minimum Gasteiger partial charge on any atom is -0.480 e. The first-order valence-electron chi connectivity index (χ1n) is 10.5. The third-order valence-corrected chi connectivity index (χ3v) is 6.60. The van der Waals surface area contributed by atoms with Gasteiger partial charge in [-0.25, -0.2) is 4.52 Å². The molecule has 8 heteroatoms. The maximum Gasteiger partial charge on any atom is 0.228 e. The number of nitrogens with one attached hydrogen (secondary N) is 2. The molecule has 1 saturated heterocycles. The molecule has 4 aromatic heterocycles. The lowest BCUT2D eigenvalue weighted by atomic mass is 9.77. The van der Waals surface area contributed by atoms with Crippen LogP contribution in [-0.4, -0.2) is 49.9 Å². The van der Waals surface area contributed by atoms with Gasteiger partial charge in [0.2, 0.25) is 11.8 Å². The number of H-pyrrole nitrogens is 1. The Morgan fingerprint density at radius 1 is 1.23 bits per heavy atom. The van der Waals surface area contributed by atoms with Crippen molar-refractivity contribution in [3.63, 3.8) is 0 Å². The number of hydrogen-bond donors (Lipinski definition) is 2. The number of ether oxygens (including phenoxy) is 2. The van der Waals surface area contributed by atoms with Gasteiger partial charge in [0, 0.05) is 30.2 Å². The molecule has 1 spiro atoms. The van der Waals surface area contributed by atoms with Crippen molar-refractivity contribution in [2.24, 2.45) is 0 Å². The zero-order valence-electron chi connectivity index (χ0n) is 16.9. The summed E-state index contributed by atoms with van der Waals surface area (Å²) in [4.78, 5) is 12.7. The van der Waals surface area contributed by atoms with Crippen molar-refractivity contribution < 1.29 is 9.47 Å². The van der Waals surface area contributed by atoms with Gasteiger partial charge in [-0.15, -0.1) is 0 Å². The molecule has 6 rings (SSSR count). The van der Waals surface area contributed by atoms with Gasteiger partial charge >= 0.3 is 0 Å². The van der Waals surface area contributed by atoms with E-state index >= 15 is 0 Å². The maximum absolute atomic E-state index is 5.83. The molecule has 4 aromatic rings. The van der Waals surface area contributed by atoms with E-state index < -0.39 is 0 Å². The smallest absolute Gasteiger partial charge is 0.228 e. The summed E-state index contributed by atoms with van der Waals surface area (Å²) < 4.78 is 13.3. The largest absolute Gasteiger partial charge is 0.480 e. The summed E-state index contributed by atoms with van der Waals surface area (Å²) in [5, 5.41) is 8.67. The van der Waals surface area contributed by atoms with Gasteiger partial charge in [0.05, 0.1) is 30.2 Å². The zero-order chi connectivity index (χ0) is 20.1. The quantitative estimate of drug-likeness (QED) is 0.538. The van der Waals surface area contributed by atoms with Gasteiger partial charge in [-0.1, -0.05) is 0 Å². The van der Waals surface area contributed by atoms with Crippen LogP contribution in [0.5, 0.6) is 5.88 Å². The number of methoxy groups -OCH3 is 1. The lowest BCUT2D eigenvalue weighted by Crippen LogP contribution is -2.48. The molecule has 0 aromatic carbocycles. The van der Waals surface area contributed by atoms with Gasteiger partial charge in [0.25, 0.3) is 0 Å². The second-order valence-corrected chi connectivity index (χ2v) is 8.30. The first-order chi connectivity index (χ1) is 14.7. The normalized spacial score (nSPS) is 23.7. The van der Waals surface area contributed by atoms with Crippen molar-refractivity contribution in [3.05, 3.63) is 36.8 Å². The molecule has 0 atom stereocenters. The number of nitrogens with zero attached hydrogens (tertiary/aromatic N) is 4. The molecule has 1 saturated carbocycles. The molecule has 0 radical (unpaired) electrons. The Morgan fingerprint density at radius 2 is 2.10 bits per heavy atom. The minimum absolute atomic E-state index is 0.158. The monoisotopic (exact) mass is 404 g/mol. The van der Waals surface area contributed by atoms with Crippen molar-refractivity contribution in [3.8, 4) is 17.0 Å². The predicted molar refractivity (Wildman–Crippen MR) is 114 cm³/mol. The Morgan fingerprint density at radius 3 is 2.87 bits per heavy atom. The van der Waals surface area contributed by atoms with E-state index in [9.17, 15) is 0 Å². The van der Waals surface area contributed by atoms with Crippen molar-refractivity contribution in [1.29, 1.82) is 0 Å². The highest BCUT2D eigenvalue weighted by Crippen LogP contribution is 2.41. The summed E-state index contributed by atoms with van der Waals surface area (Å²) in [6.45, 7) is 0.915. The molecule has 154 valence electrons. The number of hydrogen-bond acceptors (Lipinski definition) is 6. The van der Waals surface area contributed by atoms with Crippen LogP contribution in [0.2, 0.25) is 0 Å². The van der Waals surface area contributed by atoms with Crippen molar-refractivity contribution in [2.45, 2.75) is 43.7 Å². The van der Waals surface area contributed by atoms with Gasteiger partial charge in [-0.05, 0) is 55.9 Å². The molecule has 8 nitrogen and oxygen atoms in total. The van der Waals surface area contributed by atoms with E-state index in [0.29, 0.717) is 17.9 Å². The summed E-state index contributed by atoms with van der Waals surface area (Å²) in [7, 11) is 1.65. The van der Waals surface area contributed by atoms with Gasteiger partial charge < -0.3 is 19.8 Å². The Hall–Kier alpha value is -3.13. The Balaban J connectivity index is 1.31. The fraction of sp³-hybridized carbons (Fsp3) is 0.409. The van der Waals surface area contributed by atoms with Crippen molar-refractivity contribution in [2.75, 3.05) is 19.0 Å². The van der Waals surface area contributed by atoms with Crippen molar-refractivity contribution >= 4 is 22.5 Å². The Labute approximate surface area is 173 Å². The van der Waals surface area contributed by atoms with Gasteiger partial charge in [-0.3, -0.25) is 0 Å². The summed E-state index contributed by atoms with van der Waals surface area (Å²) >= 11 is 0. The summed E-state index contributed by atoms with van der Waals surface area (Å²) in [6.07, 6.45) is 11.3. The van der Waals surface area contributed by atoms with Gasteiger partial charge in [0.15, 0.2) is 0 Å². The summed E-state index contributed by atoms with van der Waals surface area (Å²) in [6, 6.07) is 6.48. The van der Waals surface area contributed by atoms with Gasteiger partial charge in [-0.2, -0.15) is 15.1 Å². The topological polar surface area (TPSA) is 89.4 Å². The Kier molecular flexibility index (Phi) is 3.95. The van der Waals surface area contributed by atoms with Crippen LogP contribution >= 0.6 is 0 Å². The highest BCUT2D eigenvalue weighted by molar-refractivity contribution is 5.98. The molecule has 0 bridgehead atoms. The molecular weight excluding hydrogens is 380 g/mol. The number of anilines is 1. The van der Waals surface area contributed by atoms with E-state index in [1.165, 1.54) is 6.42 Å². The molecule has 5 heterocycles. The first-order valence-corrected chi connectivity index (χ1v) is 10.5. The van der Waals surface area contributed by atoms with E-state index in [2.05, 4.69) is 26.4 Å². The molecule has 0 unspecified atom stereocenters. The van der Waals surface area contributed by atoms with Crippen LogP contribution in [0, 0.1) is 0 Å². The highest BCUT2D eigenvalue weighted by Gasteiger charge is 2.41. The average Bonchev–Trinajstić information content (AvgIpc) is 3.39. The minimum atomic E-state index is 0.158. The molecule has 1 aliphatic heterocycles. The van der Waals surface area contributed by atoms with Crippen LogP contribution < -0.4 is 10.1 Å². The molecule has 2 fully saturated rings. The predicted octanol–water partition coefficient (Wildman–Crippen LogP) is 3.79. The lowest BCUT2D eigenvalue weighted by molar-refractivity contribution is -0.165. The summed E-state index contributed by atoms with van der Waals surface area (Å²) in [5.41, 5.74) is 4.03. The third kappa shape index (κ3) is 2.82. The molecule has 2 N–H and O–H groups in total. The van der Waals surface area contributed by atoms with E-state index in [4.69, 9.17) is 14.5 Å². The fourth-order valence-electron chi connectivity index (χ4n) is 4.79. The first kappa shape index (κ1) is 17.7. The van der Waals surface area contributed by atoms with E-state index in [1.54, 1.807) is 13.3 Å². The molecule has 2 aliphatic rings. The highest BCUT2D eigenvalue weighted by atomic mass is 16.5. The maximum atomic E-state index is 5.83. The second-order valence-electron chi connectivity index (χ2n) is 8.30. The van der Waals surface area contributed by atoms with E-state index in [0.717, 1.165) is 60.0 Å². The lowest BCUT2D eigenvalue weighted by Gasteiger charge is -2.46. The van der Waals surface area contributed by atoms with Crippen LogP contribution in [0.15, 0.2) is 36.8 Å². The number of rotatable bonds is 4. The van der Waals surface area contributed by atoms with Crippen LogP contribution in [-0.2, 0) is 4.74 Å². The molecule has 1 aliphatic carbocycles. The molecule has 30 heavy (non-hydrogen) atoms. The van der Waals surface area contributed by atoms with Crippen LogP contribution in [0.1, 0.15) is 32.1 Å². The third-order valence-electron chi connectivity index (χ3n) is 6.60. The average molecular weight is 404 g/mol. The van der Waals surface area contributed by atoms with E-state index in [-0.39, 0.29) is 5.60 Å².